The zero-order valence-corrected chi connectivity index (χ0v) is 15.6. The summed E-state index contributed by atoms with van der Waals surface area (Å²) >= 11 is 0. The highest BCUT2D eigenvalue weighted by molar-refractivity contribution is 7.90. The van der Waals surface area contributed by atoms with Gasteiger partial charge in [0.15, 0.2) is 9.84 Å². The summed E-state index contributed by atoms with van der Waals surface area (Å²) in [6.07, 6.45) is 0. The molecule has 2 aromatic carbocycles. The molecule has 146 valence electrons. The number of fused-ring (bicyclic) bond motifs is 1. The number of furan rings is 1. The number of amides is 2. The molecule has 0 saturated carbocycles. The van der Waals surface area contributed by atoms with E-state index in [0.29, 0.717) is 5.06 Å². The first-order valence-electron chi connectivity index (χ1n) is 8.43. The molecule has 0 atom stereocenters. The van der Waals surface area contributed by atoms with Crippen molar-refractivity contribution < 1.29 is 32.1 Å². The highest BCUT2D eigenvalue weighted by Crippen LogP contribution is 2.24. The van der Waals surface area contributed by atoms with Crippen molar-refractivity contribution in [2.45, 2.75) is 10.6 Å². The molecule has 3 aromatic rings. The van der Waals surface area contributed by atoms with Gasteiger partial charge in [-0.3, -0.25) is 9.59 Å². The van der Waals surface area contributed by atoms with E-state index in [0.717, 1.165) is 0 Å². The fourth-order valence-corrected chi connectivity index (χ4v) is 4.11. The highest BCUT2D eigenvalue weighted by Gasteiger charge is 2.39. The summed E-state index contributed by atoms with van der Waals surface area (Å²) in [5.74, 6) is -3.40. The zero-order chi connectivity index (χ0) is 20.6. The van der Waals surface area contributed by atoms with Crippen molar-refractivity contribution in [2.75, 3.05) is 0 Å². The van der Waals surface area contributed by atoms with Crippen LogP contribution in [-0.4, -0.2) is 31.3 Å². The number of rotatable bonds is 5. The van der Waals surface area contributed by atoms with Crippen LogP contribution in [0.3, 0.4) is 0 Å². The Balaban J connectivity index is 1.49. The largest absolute Gasteiger partial charge is 0.453 e. The number of imide groups is 1. The average Bonchev–Trinajstić information content (AvgIpc) is 3.27. The van der Waals surface area contributed by atoms with Crippen molar-refractivity contribution in [3.8, 4) is 0 Å². The maximum atomic E-state index is 12.4. The topological polar surface area (TPSA) is 111 Å². The van der Waals surface area contributed by atoms with E-state index in [1.54, 1.807) is 30.3 Å². The summed E-state index contributed by atoms with van der Waals surface area (Å²) in [5.41, 5.74) is 0.249. The molecule has 1 aromatic heterocycles. The summed E-state index contributed by atoms with van der Waals surface area (Å²) in [7, 11) is -3.67. The van der Waals surface area contributed by atoms with Crippen LogP contribution >= 0.6 is 0 Å². The third-order valence-electron chi connectivity index (χ3n) is 4.23. The van der Waals surface area contributed by atoms with E-state index in [9.17, 15) is 22.8 Å². The van der Waals surface area contributed by atoms with Gasteiger partial charge < -0.3 is 9.25 Å². The second-order valence-corrected chi connectivity index (χ2v) is 8.16. The Morgan fingerprint density at radius 1 is 0.862 bits per heavy atom. The lowest BCUT2D eigenvalue weighted by atomic mass is 10.1. The van der Waals surface area contributed by atoms with E-state index in [1.165, 1.54) is 36.4 Å². The molecule has 8 nitrogen and oxygen atoms in total. The van der Waals surface area contributed by atoms with Crippen LogP contribution in [0.15, 0.2) is 76.0 Å². The van der Waals surface area contributed by atoms with Gasteiger partial charge in [0.05, 0.1) is 16.0 Å². The Morgan fingerprint density at radius 2 is 1.45 bits per heavy atom. The van der Waals surface area contributed by atoms with Gasteiger partial charge >= 0.3 is 5.97 Å². The Hall–Kier alpha value is -3.72. The van der Waals surface area contributed by atoms with E-state index in [4.69, 9.17) is 9.25 Å². The van der Waals surface area contributed by atoms with Gasteiger partial charge in [0.2, 0.25) is 5.76 Å². The third-order valence-corrected chi connectivity index (χ3v) is 5.88. The van der Waals surface area contributed by atoms with Crippen LogP contribution < -0.4 is 0 Å². The van der Waals surface area contributed by atoms with E-state index in [2.05, 4.69) is 0 Å². The molecule has 0 aliphatic carbocycles. The highest BCUT2D eigenvalue weighted by atomic mass is 32.2. The number of hydrogen-bond acceptors (Lipinski definition) is 7. The van der Waals surface area contributed by atoms with Gasteiger partial charge in [-0.2, -0.15) is 0 Å². The first-order valence-corrected chi connectivity index (χ1v) is 10.1. The Bertz CT molecular complexity index is 1190. The van der Waals surface area contributed by atoms with Crippen molar-refractivity contribution in [1.82, 2.24) is 5.06 Å². The van der Waals surface area contributed by atoms with Gasteiger partial charge in [-0.05, 0) is 36.4 Å². The van der Waals surface area contributed by atoms with Crippen LogP contribution in [-0.2, 0) is 20.4 Å². The van der Waals surface area contributed by atoms with Gasteiger partial charge in [0, 0.05) is 0 Å². The number of hydroxylamine groups is 2. The molecule has 2 heterocycles. The first-order chi connectivity index (χ1) is 13.9. The van der Waals surface area contributed by atoms with Crippen molar-refractivity contribution >= 4 is 27.6 Å². The minimum atomic E-state index is -3.67. The van der Waals surface area contributed by atoms with Crippen molar-refractivity contribution in [3.05, 3.63) is 89.4 Å². The van der Waals surface area contributed by atoms with Crippen LogP contribution in [0.25, 0.3) is 0 Å². The van der Waals surface area contributed by atoms with E-state index >= 15 is 0 Å². The van der Waals surface area contributed by atoms with Crippen molar-refractivity contribution in [3.63, 3.8) is 0 Å². The molecule has 0 spiro atoms. The molecule has 1 aliphatic heterocycles. The van der Waals surface area contributed by atoms with Crippen LogP contribution in [0.1, 0.15) is 37.0 Å². The molecular weight excluding hydrogens is 398 g/mol. The molecular formula is C20H13NO7S. The minimum Gasteiger partial charge on any atom is -0.453 e. The molecule has 0 N–H and O–H groups in total. The fraction of sp³-hybridized carbons (Fsp3) is 0.0500. The predicted molar refractivity (Wildman–Crippen MR) is 98.4 cm³/mol. The van der Waals surface area contributed by atoms with E-state index in [1.807, 2.05) is 0 Å². The predicted octanol–water partition coefficient (Wildman–Crippen LogP) is 2.62. The molecule has 0 radical (unpaired) electrons. The summed E-state index contributed by atoms with van der Waals surface area (Å²) in [6.45, 7) is 0. The van der Waals surface area contributed by atoms with Crippen molar-refractivity contribution in [1.29, 1.82) is 0 Å². The number of sulfone groups is 1. The minimum absolute atomic E-state index is 0.0168. The zero-order valence-electron chi connectivity index (χ0n) is 14.8. The standard InChI is InChI=1S/C20H13NO7S/c22-18-15-8-4-5-9-16(15)19(23)21(18)28-20(24)17-11-10-13(27-17)12-29(25,26)14-6-2-1-3-7-14/h1-11H,12H2. The fourth-order valence-electron chi connectivity index (χ4n) is 2.84. The maximum Gasteiger partial charge on any atom is 0.399 e. The summed E-state index contributed by atoms with van der Waals surface area (Å²) in [4.78, 5) is 41.8. The maximum absolute atomic E-state index is 12.4. The Morgan fingerprint density at radius 3 is 2.07 bits per heavy atom. The van der Waals surface area contributed by atoms with Gasteiger partial charge in [0.25, 0.3) is 11.8 Å². The molecule has 0 fully saturated rings. The molecule has 2 amide bonds. The lowest BCUT2D eigenvalue weighted by Crippen LogP contribution is -2.32. The molecule has 0 saturated heterocycles. The molecule has 9 heteroatoms. The number of carbonyl (C=O) groups excluding carboxylic acids is 3. The summed E-state index contributed by atoms with van der Waals surface area (Å²) in [5, 5.41) is 0.357. The Kier molecular flexibility index (Phi) is 4.51. The van der Waals surface area contributed by atoms with Crippen LogP contribution in [0.5, 0.6) is 0 Å². The normalized spacial score (nSPS) is 13.4. The summed E-state index contributed by atoms with van der Waals surface area (Å²) in [6, 6.07) is 16.4. The van der Waals surface area contributed by atoms with Crippen molar-refractivity contribution in [2.24, 2.45) is 0 Å². The smallest absolute Gasteiger partial charge is 0.399 e. The van der Waals surface area contributed by atoms with Gasteiger partial charge in [0.1, 0.15) is 11.5 Å². The summed E-state index contributed by atoms with van der Waals surface area (Å²) < 4.78 is 30.1. The molecule has 0 bridgehead atoms. The van der Waals surface area contributed by atoms with Crippen LogP contribution in [0, 0.1) is 0 Å². The van der Waals surface area contributed by atoms with Crippen LogP contribution in [0.2, 0.25) is 0 Å². The van der Waals surface area contributed by atoms with Gasteiger partial charge in [-0.15, -0.1) is 0 Å². The van der Waals surface area contributed by atoms with E-state index < -0.39 is 33.4 Å². The van der Waals surface area contributed by atoms with E-state index in [-0.39, 0.29) is 27.5 Å². The van der Waals surface area contributed by atoms with Gasteiger partial charge in [-0.1, -0.05) is 35.4 Å². The second kappa shape index (κ2) is 7.02. The first kappa shape index (κ1) is 18.6. The molecule has 0 unspecified atom stereocenters. The third kappa shape index (κ3) is 3.43. The number of benzene rings is 2. The lowest BCUT2D eigenvalue weighted by Gasteiger charge is -2.11. The number of carbonyl (C=O) groups is 3. The molecule has 4 rings (SSSR count). The molecule has 29 heavy (non-hydrogen) atoms. The lowest BCUT2D eigenvalue weighted by molar-refractivity contribution is -0.0603. The monoisotopic (exact) mass is 411 g/mol. The van der Waals surface area contributed by atoms with Crippen LogP contribution in [0.4, 0.5) is 0 Å². The average molecular weight is 411 g/mol. The SMILES string of the molecule is O=C(ON1C(=O)c2ccccc2C1=O)c1ccc(CS(=O)(=O)c2ccccc2)o1. The quantitative estimate of drug-likeness (QED) is 0.593. The Labute approximate surface area is 165 Å². The second-order valence-electron chi connectivity index (χ2n) is 6.17. The number of nitrogens with zero attached hydrogens (tertiary/aromatic N) is 1. The number of hydrogen-bond donors (Lipinski definition) is 0. The molecule has 1 aliphatic rings. The van der Waals surface area contributed by atoms with Gasteiger partial charge in [-0.25, -0.2) is 13.2 Å².